The molecule has 3 aliphatic rings. The molecule has 1 aromatic rings. The molecule has 3 saturated heterocycles. The van der Waals surface area contributed by atoms with Crippen LogP contribution in [-0.2, 0) is 4.79 Å². The van der Waals surface area contributed by atoms with Gasteiger partial charge in [0.1, 0.15) is 5.54 Å². The van der Waals surface area contributed by atoms with Gasteiger partial charge in [0.15, 0.2) is 0 Å². The number of hydrogen-bond acceptors (Lipinski definition) is 4. The van der Waals surface area contributed by atoms with Gasteiger partial charge in [0.25, 0.3) is 11.8 Å². The van der Waals surface area contributed by atoms with Crippen molar-refractivity contribution < 1.29 is 14.4 Å². The second kappa shape index (κ2) is 8.38. The third kappa shape index (κ3) is 3.95. The van der Waals surface area contributed by atoms with E-state index in [0.717, 1.165) is 32.5 Å². The van der Waals surface area contributed by atoms with Gasteiger partial charge in [-0.25, -0.2) is 4.79 Å². The largest absolute Gasteiger partial charge is 0.337 e. The number of nitrogens with zero attached hydrogens (tertiary/aromatic N) is 3. The molecule has 4 amide bonds. The molecule has 3 aliphatic heterocycles. The third-order valence-electron chi connectivity index (χ3n) is 6.60. The molecule has 7 nitrogen and oxygen atoms in total. The van der Waals surface area contributed by atoms with Crippen LogP contribution in [0.25, 0.3) is 0 Å². The zero-order chi connectivity index (χ0) is 21.3. The number of benzene rings is 1. The van der Waals surface area contributed by atoms with Crippen LogP contribution in [0.2, 0.25) is 0 Å². The summed E-state index contributed by atoms with van der Waals surface area (Å²) < 4.78 is 0. The Morgan fingerprint density at radius 3 is 2.50 bits per heavy atom. The molecule has 1 spiro atoms. The topological polar surface area (TPSA) is 73.0 Å². The van der Waals surface area contributed by atoms with E-state index >= 15 is 0 Å². The molecule has 4 rings (SSSR count). The molecule has 0 aromatic heterocycles. The van der Waals surface area contributed by atoms with Crippen LogP contribution in [0.3, 0.4) is 0 Å². The van der Waals surface area contributed by atoms with Gasteiger partial charge in [0.05, 0.1) is 6.04 Å². The molecule has 3 heterocycles. The number of piperidine rings is 2. The van der Waals surface area contributed by atoms with Gasteiger partial charge in [-0.1, -0.05) is 32.0 Å². The SMILES string of the molecule is CC(C)CN1CCC2(CC1)NC(=O)N([C@@H]1CCCN(C(=O)c3ccccc3)C1)C2=O. The first-order valence-electron chi connectivity index (χ1n) is 11.1. The van der Waals surface area contributed by atoms with Crippen molar-refractivity contribution in [2.24, 2.45) is 5.92 Å². The molecule has 162 valence electrons. The smallest absolute Gasteiger partial charge is 0.325 e. The van der Waals surface area contributed by atoms with Gasteiger partial charge in [-0.2, -0.15) is 0 Å². The lowest BCUT2D eigenvalue weighted by atomic mass is 9.86. The van der Waals surface area contributed by atoms with Crippen LogP contribution >= 0.6 is 0 Å². The second-order valence-electron chi connectivity index (χ2n) is 9.30. The van der Waals surface area contributed by atoms with Gasteiger partial charge in [-0.15, -0.1) is 0 Å². The Labute approximate surface area is 178 Å². The molecule has 0 saturated carbocycles. The van der Waals surface area contributed by atoms with E-state index in [9.17, 15) is 14.4 Å². The van der Waals surface area contributed by atoms with Crippen molar-refractivity contribution in [2.75, 3.05) is 32.7 Å². The number of imide groups is 1. The van der Waals surface area contributed by atoms with Crippen LogP contribution < -0.4 is 5.32 Å². The van der Waals surface area contributed by atoms with Crippen molar-refractivity contribution in [3.63, 3.8) is 0 Å². The van der Waals surface area contributed by atoms with E-state index in [-0.39, 0.29) is 23.9 Å². The Bertz CT molecular complexity index is 802. The second-order valence-corrected chi connectivity index (χ2v) is 9.30. The molecule has 0 bridgehead atoms. The molecule has 0 aliphatic carbocycles. The molecule has 30 heavy (non-hydrogen) atoms. The third-order valence-corrected chi connectivity index (χ3v) is 6.60. The summed E-state index contributed by atoms with van der Waals surface area (Å²) in [4.78, 5) is 44.7. The van der Waals surface area contributed by atoms with Crippen molar-refractivity contribution >= 4 is 17.8 Å². The van der Waals surface area contributed by atoms with Crippen LogP contribution in [0.5, 0.6) is 0 Å². The van der Waals surface area contributed by atoms with E-state index in [0.29, 0.717) is 37.4 Å². The van der Waals surface area contributed by atoms with Gasteiger partial charge < -0.3 is 15.1 Å². The van der Waals surface area contributed by atoms with Gasteiger partial charge in [0.2, 0.25) is 0 Å². The number of urea groups is 1. The maximum Gasteiger partial charge on any atom is 0.325 e. The molecule has 1 N–H and O–H groups in total. The molecular weight excluding hydrogens is 380 g/mol. The molecule has 0 radical (unpaired) electrons. The summed E-state index contributed by atoms with van der Waals surface area (Å²) >= 11 is 0. The van der Waals surface area contributed by atoms with Gasteiger partial charge >= 0.3 is 6.03 Å². The number of rotatable bonds is 4. The fraction of sp³-hybridized carbons (Fsp3) is 0.609. The predicted octanol–water partition coefficient (Wildman–Crippen LogP) is 2.33. The summed E-state index contributed by atoms with van der Waals surface area (Å²) in [6.45, 7) is 8.11. The van der Waals surface area contributed by atoms with E-state index < -0.39 is 5.54 Å². The standard InChI is InChI=1S/C23H32N4O3/c1-17(2)15-25-13-10-23(11-14-25)21(29)27(22(30)24-23)19-9-6-12-26(16-19)20(28)18-7-4-3-5-8-18/h3-5,7-8,17,19H,6,9-16H2,1-2H3,(H,24,30)/t19-/m1/s1. The minimum absolute atomic E-state index is 0.0379. The summed E-state index contributed by atoms with van der Waals surface area (Å²) in [7, 11) is 0. The van der Waals surface area contributed by atoms with Gasteiger partial charge in [-0.05, 0) is 43.7 Å². The zero-order valence-corrected chi connectivity index (χ0v) is 18.0. The van der Waals surface area contributed by atoms with Crippen LogP contribution in [0.4, 0.5) is 4.79 Å². The lowest BCUT2D eigenvalue weighted by molar-refractivity contribution is -0.135. The van der Waals surface area contributed by atoms with Gasteiger partial charge in [-0.3, -0.25) is 14.5 Å². The fourth-order valence-electron chi connectivity index (χ4n) is 5.06. The predicted molar refractivity (Wildman–Crippen MR) is 114 cm³/mol. The Morgan fingerprint density at radius 1 is 1.13 bits per heavy atom. The van der Waals surface area contributed by atoms with Crippen molar-refractivity contribution in [2.45, 2.75) is 51.1 Å². The maximum atomic E-state index is 13.4. The minimum Gasteiger partial charge on any atom is -0.337 e. The van der Waals surface area contributed by atoms with E-state index in [1.807, 2.05) is 18.2 Å². The van der Waals surface area contributed by atoms with Crippen molar-refractivity contribution in [3.05, 3.63) is 35.9 Å². The first kappa shape index (κ1) is 20.8. The zero-order valence-electron chi connectivity index (χ0n) is 18.0. The summed E-state index contributed by atoms with van der Waals surface area (Å²) in [5.41, 5.74) is -0.125. The average Bonchev–Trinajstić information content (AvgIpc) is 2.99. The van der Waals surface area contributed by atoms with Gasteiger partial charge in [0, 0.05) is 38.3 Å². The van der Waals surface area contributed by atoms with Crippen molar-refractivity contribution in [3.8, 4) is 0 Å². The quantitative estimate of drug-likeness (QED) is 0.771. The van der Waals surface area contributed by atoms with Crippen molar-refractivity contribution in [1.82, 2.24) is 20.0 Å². The Morgan fingerprint density at radius 2 is 1.83 bits per heavy atom. The first-order chi connectivity index (χ1) is 14.4. The Hall–Kier alpha value is -2.41. The minimum atomic E-state index is -0.768. The summed E-state index contributed by atoms with van der Waals surface area (Å²) in [5.74, 6) is 0.444. The van der Waals surface area contributed by atoms with E-state index in [4.69, 9.17) is 0 Å². The highest BCUT2D eigenvalue weighted by atomic mass is 16.2. The van der Waals surface area contributed by atoms with E-state index in [1.54, 1.807) is 17.0 Å². The summed E-state index contributed by atoms with van der Waals surface area (Å²) in [5, 5.41) is 3.02. The molecule has 0 unspecified atom stereocenters. The maximum absolute atomic E-state index is 13.4. The molecular formula is C23H32N4O3. The van der Waals surface area contributed by atoms with Crippen LogP contribution in [0.15, 0.2) is 30.3 Å². The number of carbonyl (C=O) groups excluding carboxylic acids is 3. The Balaban J connectivity index is 1.43. The monoisotopic (exact) mass is 412 g/mol. The highest BCUT2D eigenvalue weighted by molar-refractivity contribution is 6.07. The lowest BCUT2D eigenvalue weighted by Crippen LogP contribution is -2.56. The summed E-state index contributed by atoms with van der Waals surface area (Å²) in [6, 6.07) is 8.64. The highest BCUT2D eigenvalue weighted by Crippen LogP contribution is 2.32. The normalized spacial score (nSPS) is 24.6. The van der Waals surface area contributed by atoms with Crippen LogP contribution in [0.1, 0.15) is 49.9 Å². The van der Waals surface area contributed by atoms with Crippen LogP contribution in [0, 0.1) is 5.92 Å². The van der Waals surface area contributed by atoms with Crippen LogP contribution in [-0.4, -0.2) is 76.8 Å². The number of amides is 4. The highest BCUT2D eigenvalue weighted by Gasteiger charge is 2.54. The molecule has 7 heteroatoms. The molecule has 1 atom stereocenters. The average molecular weight is 413 g/mol. The Kier molecular flexibility index (Phi) is 5.82. The van der Waals surface area contributed by atoms with E-state index in [2.05, 4.69) is 24.1 Å². The number of nitrogens with one attached hydrogen (secondary N) is 1. The summed E-state index contributed by atoms with van der Waals surface area (Å²) in [6.07, 6.45) is 2.84. The number of carbonyl (C=O) groups is 3. The first-order valence-corrected chi connectivity index (χ1v) is 11.1. The van der Waals surface area contributed by atoms with Crippen molar-refractivity contribution in [1.29, 1.82) is 0 Å². The molecule has 3 fully saturated rings. The number of likely N-dealkylation sites (tertiary alicyclic amines) is 2. The number of hydrogen-bond donors (Lipinski definition) is 1. The molecule has 1 aromatic carbocycles. The lowest BCUT2D eigenvalue weighted by Gasteiger charge is -2.39. The fourth-order valence-corrected chi connectivity index (χ4v) is 5.06. The van der Waals surface area contributed by atoms with E-state index in [1.165, 1.54) is 4.90 Å².